The molecule has 1 saturated heterocycles. The molecule has 0 aliphatic carbocycles. The van der Waals surface area contributed by atoms with E-state index < -0.39 is 11.9 Å². The van der Waals surface area contributed by atoms with Gasteiger partial charge in [-0.15, -0.1) is 11.3 Å². The number of thiazole rings is 1. The van der Waals surface area contributed by atoms with Crippen LogP contribution in [0, 0.1) is 5.92 Å². The molecule has 1 aromatic heterocycles. The van der Waals surface area contributed by atoms with Crippen LogP contribution in [0.3, 0.4) is 0 Å². The smallest absolute Gasteiger partial charge is 0.308 e. The van der Waals surface area contributed by atoms with Crippen molar-refractivity contribution in [1.82, 2.24) is 9.88 Å². The van der Waals surface area contributed by atoms with Crippen LogP contribution in [0.5, 0.6) is 0 Å². The van der Waals surface area contributed by atoms with Crippen LogP contribution in [0.1, 0.15) is 37.1 Å². The van der Waals surface area contributed by atoms with Gasteiger partial charge in [-0.2, -0.15) is 0 Å². The standard InChI is InChI=1S/C12H16N2O3S/c1-2-5-14-10(15)4-3-8(12(16)17)11(14)9-6-13-7-18-9/h6-8,11H,2-5H2,1H3,(H,16,17). The molecular weight excluding hydrogens is 252 g/mol. The quantitative estimate of drug-likeness (QED) is 0.905. The molecule has 1 aromatic rings. The second kappa shape index (κ2) is 5.48. The second-order valence-electron chi connectivity index (χ2n) is 4.42. The average Bonchev–Trinajstić information content (AvgIpc) is 2.84. The summed E-state index contributed by atoms with van der Waals surface area (Å²) >= 11 is 1.41. The van der Waals surface area contributed by atoms with Gasteiger partial charge in [0.1, 0.15) is 0 Å². The van der Waals surface area contributed by atoms with Crippen molar-refractivity contribution >= 4 is 23.2 Å². The minimum Gasteiger partial charge on any atom is -0.481 e. The maximum Gasteiger partial charge on any atom is 0.308 e. The zero-order valence-electron chi connectivity index (χ0n) is 10.2. The van der Waals surface area contributed by atoms with Crippen LogP contribution in [0.4, 0.5) is 0 Å². The fourth-order valence-electron chi connectivity index (χ4n) is 2.44. The molecule has 0 bridgehead atoms. The first kappa shape index (κ1) is 13.0. The number of hydrogen-bond acceptors (Lipinski definition) is 4. The first-order chi connectivity index (χ1) is 8.65. The number of hydrogen-bond donors (Lipinski definition) is 1. The molecule has 6 heteroatoms. The van der Waals surface area contributed by atoms with Crippen molar-refractivity contribution in [3.63, 3.8) is 0 Å². The molecular formula is C12H16N2O3S. The van der Waals surface area contributed by atoms with Crippen molar-refractivity contribution in [3.05, 3.63) is 16.6 Å². The minimum atomic E-state index is -0.831. The van der Waals surface area contributed by atoms with E-state index in [4.69, 9.17) is 0 Å². The van der Waals surface area contributed by atoms with Gasteiger partial charge in [0, 0.05) is 24.0 Å². The first-order valence-corrected chi connectivity index (χ1v) is 6.93. The number of nitrogens with zero attached hydrogens (tertiary/aromatic N) is 2. The van der Waals surface area contributed by atoms with Crippen LogP contribution in [0.15, 0.2) is 11.7 Å². The van der Waals surface area contributed by atoms with E-state index in [9.17, 15) is 14.7 Å². The Hall–Kier alpha value is -1.43. The molecule has 1 aliphatic heterocycles. The highest BCUT2D eigenvalue weighted by Gasteiger charge is 2.40. The summed E-state index contributed by atoms with van der Waals surface area (Å²) < 4.78 is 0. The van der Waals surface area contributed by atoms with Crippen molar-refractivity contribution in [2.24, 2.45) is 5.92 Å². The molecule has 0 spiro atoms. The molecule has 2 rings (SSSR count). The van der Waals surface area contributed by atoms with Crippen molar-refractivity contribution in [2.45, 2.75) is 32.2 Å². The monoisotopic (exact) mass is 268 g/mol. The molecule has 1 N–H and O–H groups in total. The summed E-state index contributed by atoms with van der Waals surface area (Å²) in [6, 6.07) is -0.351. The summed E-state index contributed by atoms with van der Waals surface area (Å²) in [5.41, 5.74) is 1.68. The fraction of sp³-hybridized carbons (Fsp3) is 0.583. The summed E-state index contributed by atoms with van der Waals surface area (Å²) in [5.74, 6) is -1.30. The van der Waals surface area contributed by atoms with Gasteiger partial charge in [0.15, 0.2) is 0 Å². The molecule has 1 aliphatic rings. The van der Waals surface area contributed by atoms with Gasteiger partial charge < -0.3 is 10.0 Å². The van der Waals surface area contributed by atoms with Gasteiger partial charge in [-0.25, -0.2) is 0 Å². The molecule has 1 fully saturated rings. The van der Waals surface area contributed by atoms with Gasteiger partial charge in [0.2, 0.25) is 5.91 Å². The lowest BCUT2D eigenvalue weighted by Gasteiger charge is -2.38. The SMILES string of the molecule is CCCN1C(=O)CCC(C(=O)O)C1c1cncs1. The van der Waals surface area contributed by atoms with E-state index >= 15 is 0 Å². The van der Waals surface area contributed by atoms with Crippen LogP contribution in [0.2, 0.25) is 0 Å². The highest BCUT2D eigenvalue weighted by atomic mass is 32.1. The number of amides is 1. The Morgan fingerprint density at radius 1 is 1.67 bits per heavy atom. The van der Waals surface area contributed by atoms with E-state index in [2.05, 4.69) is 4.98 Å². The predicted molar refractivity (Wildman–Crippen MR) is 67.2 cm³/mol. The number of rotatable bonds is 4. The molecule has 2 heterocycles. The van der Waals surface area contributed by atoms with Crippen LogP contribution in [-0.2, 0) is 9.59 Å². The average molecular weight is 268 g/mol. The number of carbonyl (C=O) groups excluding carboxylic acids is 1. The molecule has 2 unspecified atom stereocenters. The molecule has 98 valence electrons. The predicted octanol–water partition coefficient (Wildman–Crippen LogP) is 1.92. The van der Waals surface area contributed by atoms with Crippen LogP contribution in [0.25, 0.3) is 0 Å². The lowest BCUT2D eigenvalue weighted by atomic mass is 9.88. The Labute approximate surface area is 109 Å². The van der Waals surface area contributed by atoms with Gasteiger partial charge in [-0.1, -0.05) is 6.92 Å². The maximum atomic E-state index is 12.0. The van der Waals surface area contributed by atoms with Gasteiger partial charge in [0.25, 0.3) is 0 Å². The number of carboxylic acid groups (broad SMARTS) is 1. The van der Waals surface area contributed by atoms with Crippen molar-refractivity contribution in [1.29, 1.82) is 0 Å². The largest absolute Gasteiger partial charge is 0.481 e. The van der Waals surface area contributed by atoms with Crippen molar-refractivity contribution in [2.75, 3.05) is 6.54 Å². The Kier molecular flexibility index (Phi) is 3.96. The van der Waals surface area contributed by atoms with E-state index in [-0.39, 0.29) is 11.9 Å². The van der Waals surface area contributed by atoms with E-state index in [0.29, 0.717) is 19.4 Å². The summed E-state index contributed by atoms with van der Waals surface area (Å²) in [5, 5.41) is 9.33. The number of carboxylic acids is 1. The number of likely N-dealkylation sites (tertiary alicyclic amines) is 1. The van der Waals surface area contributed by atoms with Gasteiger partial charge in [0.05, 0.1) is 17.5 Å². The minimum absolute atomic E-state index is 0.0488. The summed E-state index contributed by atoms with van der Waals surface area (Å²) in [6.45, 7) is 2.59. The third-order valence-corrected chi connectivity index (χ3v) is 4.08. The molecule has 0 aromatic carbocycles. The van der Waals surface area contributed by atoms with Crippen molar-refractivity contribution in [3.8, 4) is 0 Å². The Bertz CT molecular complexity index is 433. The van der Waals surface area contributed by atoms with E-state index in [1.54, 1.807) is 16.6 Å². The Morgan fingerprint density at radius 2 is 2.44 bits per heavy atom. The highest BCUT2D eigenvalue weighted by Crippen LogP contribution is 2.38. The van der Waals surface area contributed by atoms with Gasteiger partial charge in [-0.05, 0) is 12.8 Å². The summed E-state index contributed by atoms with van der Waals surface area (Å²) in [4.78, 5) is 29.9. The number of aliphatic carboxylic acids is 1. The topological polar surface area (TPSA) is 70.5 Å². The van der Waals surface area contributed by atoms with Crippen LogP contribution >= 0.6 is 11.3 Å². The normalized spacial score (nSPS) is 24.3. The second-order valence-corrected chi connectivity index (χ2v) is 5.34. The maximum absolute atomic E-state index is 12.0. The van der Waals surface area contributed by atoms with E-state index in [1.807, 2.05) is 6.92 Å². The number of aromatic nitrogens is 1. The number of carbonyl (C=O) groups is 2. The Morgan fingerprint density at radius 3 is 3.00 bits per heavy atom. The molecule has 5 nitrogen and oxygen atoms in total. The summed E-state index contributed by atoms with van der Waals surface area (Å²) in [7, 11) is 0. The van der Waals surface area contributed by atoms with Crippen LogP contribution in [-0.4, -0.2) is 33.4 Å². The first-order valence-electron chi connectivity index (χ1n) is 6.05. The zero-order chi connectivity index (χ0) is 13.1. The van der Waals surface area contributed by atoms with Gasteiger partial charge in [-0.3, -0.25) is 14.6 Å². The third kappa shape index (κ3) is 2.38. The number of piperidine rings is 1. The zero-order valence-corrected chi connectivity index (χ0v) is 11.0. The summed E-state index contributed by atoms with van der Waals surface area (Å²) in [6.07, 6.45) is 3.24. The lowest BCUT2D eigenvalue weighted by molar-refractivity contribution is -0.152. The third-order valence-electron chi connectivity index (χ3n) is 3.23. The van der Waals surface area contributed by atoms with Crippen molar-refractivity contribution < 1.29 is 14.7 Å². The van der Waals surface area contributed by atoms with E-state index in [0.717, 1.165) is 11.3 Å². The Balaban J connectivity index is 2.34. The molecule has 0 saturated carbocycles. The molecule has 18 heavy (non-hydrogen) atoms. The lowest BCUT2D eigenvalue weighted by Crippen LogP contribution is -2.45. The highest BCUT2D eigenvalue weighted by molar-refractivity contribution is 7.09. The molecule has 1 amide bonds. The molecule has 2 atom stereocenters. The van der Waals surface area contributed by atoms with E-state index in [1.165, 1.54) is 11.3 Å². The fourth-order valence-corrected chi connectivity index (χ4v) is 3.24. The van der Waals surface area contributed by atoms with Gasteiger partial charge >= 0.3 is 5.97 Å². The van der Waals surface area contributed by atoms with Crippen LogP contribution < -0.4 is 0 Å². The molecule has 0 radical (unpaired) electrons.